The summed E-state index contributed by atoms with van der Waals surface area (Å²) in [6.45, 7) is 7.20. The van der Waals surface area contributed by atoms with Crippen LogP contribution < -0.4 is 10.2 Å². The summed E-state index contributed by atoms with van der Waals surface area (Å²) in [6.07, 6.45) is 1.28. The molecule has 1 aromatic heterocycles. The van der Waals surface area contributed by atoms with Crippen molar-refractivity contribution >= 4 is 5.82 Å². The van der Waals surface area contributed by atoms with E-state index in [0.29, 0.717) is 6.04 Å². The first-order valence-corrected chi connectivity index (χ1v) is 5.59. The molecule has 4 heteroatoms. The fourth-order valence-electron chi connectivity index (χ4n) is 2.34. The van der Waals surface area contributed by atoms with E-state index in [-0.39, 0.29) is 0 Å². The molecule has 80 valence electrons. The Morgan fingerprint density at radius 1 is 1.33 bits per heavy atom. The predicted octanol–water partition coefficient (Wildman–Crippen LogP) is 0.987. The molecule has 2 aliphatic heterocycles. The third kappa shape index (κ3) is 1.32. The van der Waals surface area contributed by atoms with Crippen molar-refractivity contribution in [3.63, 3.8) is 0 Å². The molecule has 1 N–H and O–H groups in total. The van der Waals surface area contributed by atoms with Gasteiger partial charge in [0.1, 0.15) is 11.6 Å². The maximum atomic E-state index is 4.59. The number of nitrogens with one attached hydrogen (secondary N) is 1. The summed E-state index contributed by atoms with van der Waals surface area (Å²) in [5.41, 5.74) is 2.50. The van der Waals surface area contributed by atoms with Crippen molar-refractivity contribution in [1.29, 1.82) is 0 Å². The summed E-state index contributed by atoms with van der Waals surface area (Å²) in [5, 5.41) is 3.34. The highest BCUT2D eigenvalue weighted by Crippen LogP contribution is 2.30. The van der Waals surface area contributed by atoms with Crippen molar-refractivity contribution in [3.8, 4) is 0 Å². The quantitative estimate of drug-likeness (QED) is 0.740. The first-order chi connectivity index (χ1) is 7.25. The van der Waals surface area contributed by atoms with Gasteiger partial charge in [0.05, 0.1) is 5.69 Å². The monoisotopic (exact) mass is 204 g/mol. The average Bonchev–Trinajstić information content (AvgIpc) is 2.63. The lowest BCUT2D eigenvalue weighted by Gasteiger charge is -2.40. The average molecular weight is 204 g/mol. The third-order valence-electron chi connectivity index (χ3n) is 3.37. The Bertz CT molecular complexity index is 402. The molecule has 1 saturated heterocycles. The minimum atomic E-state index is 0.643. The zero-order chi connectivity index (χ0) is 10.4. The molecule has 0 saturated carbocycles. The van der Waals surface area contributed by atoms with Crippen LogP contribution in [0.2, 0.25) is 0 Å². The third-order valence-corrected chi connectivity index (χ3v) is 3.37. The van der Waals surface area contributed by atoms with Gasteiger partial charge in [-0.3, -0.25) is 0 Å². The molecule has 0 aromatic carbocycles. The van der Waals surface area contributed by atoms with Gasteiger partial charge in [0.15, 0.2) is 0 Å². The second kappa shape index (κ2) is 3.17. The Kier molecular flexibility index (Phi) is 1.92. The van der Waals surface area contributed by atoms with Gasteiger partial charge in [-0.05, 0) is 20.3 Å². The molecule has 3 rings (SSSR count). The van der Waals surface area contributed by atoms with Crippen LogP contribution in [-0.2, 0) is 13.1 Å². The molecule has 0 unspecified atom stereocenters. The highest BCUT2D eigenvalue weighted by molar-refractivity contribution is 5.53. The fourth-order valence-corrected chi connectivity index (χ4v) is 2.34. The SMILES string of the molecule is Cc1nc2c(c(N3CC[C@@H]3C)n1)CNC2. The van der Waals surface area contributed by atoms with Gasteiger partial charge < -0.3 is 10.2 Å². The highest BCUT2D eigenvalue weighted by Gasteiger charge is 2.29. The van der Waals surface area contributed by atoms with E-state index < -0.39 is 0 Å². The van der Waals surface area contributed by atoms with Crippen LogP contribution in [-0.4, -0.2) is 22.6 Å². The van der Waals surface area contributed by atoms with Gasteiger partial charge in [-0.1, -0.05) is 0 Å². The van der Waals surface area contributed by atoms with Crippen LogP contribution in [0.25, 0.3) is 0 Å². The molecule has 2 aliphatic rings. The maximum Gasteiger partial charge on any atom is 0.137 e. The van der Waals surface area contributed by atoms with Crippen molar-refractivity contribution in [2.24, 2.45) is 0 Å². The lowest BCUT2D eigenvalue weighted by molar-refractivity contribution is 0.473. The van der Waals surface area contributed by atoms with E-state index in [2.05, 4.69) is 27.1 Å². The number of aromatic nitrogens is 2. The number of hydrogen-bond acceptors (Lipinski definition) is 4. The Balaban J connectivity index is 2.06. The molecule has 0 radical (unpaired) electrons. The van der Waals surface area contributed by atoms with Gasteiger partial charge in [-0.15, -0.1) is 0 Å². The number of anilines is 1. The zero-order valence-electron chi connectivity index (χ0n) is 9.25. The number of aryl methyl sites for hydroxylation is 1. The minimum Gasteiger partial charge on any atom is -0.353 e. The number of rotatable bonds is 1. The second-order valence-electron chi connectivity index (χ2n) is 4.45. The summed E-state index contributed by atoms with van der Waals surface area (Å²) in [4.78, 5) is 11.5. The van der Waals surface area contributed by atoms with Gasteiger partial charge >= 0.3 is 0 Å². The normalized spacial score (nSPS) is 23.9. The molecule has 0 amide bonds. The van der Waals surface area contributed by atoms with E-state index in [1.165, 1.54) is 23.5 Å². The zero-order valence-corrected chi connectivity index (χ0v) is 9.25. The van der Waals surface area contributed by atoms with Crippen molar-refractivity contribution < 1.29 is 0 Å². The van der Waals surface area contributed by atoms with E-state index in [0.717, 1.165) is 25.5 Å². The molecule has 0 aliphatic carbocycles. The molecule has 1 aromatic rings. The Labute approximate surface area is 89.7 Å². The number of hydrogen-bond donors (Lipinski definition) is 1. The topological polar surface area (TPSA) is 41.1 Å². The molecular weight excluding hydrogens is 188 g/mol. The minimum absolute atomic E-state index is 0.643. The molecule has 0 bridgehead atoms. The van der Waals surface area contributed by atoms with Crippen molar-refractivity contribution in [2.45, 2.75) is 39.4 Å². The highest BCUT2D eigenvalue weighted by atomic mass is 15.3. The van der Waals surface area contributed by atoms with Crippen LogP contribution in [0.3, 0.4) is 0 Å². The summed E-state index contributed by atoms with van der Waals surface area (Å²) in [5.74, 6) is 2.06. The van der Waals surface area contributed by atoms with Crippen molar-refractivity contribution in [1.82, 2.24) is 15.3 Å². The van der Waals surface area contributed by atoms with E-state index in [4.69, 9.17) is 0 Å². The Morgan fingerprint density at radius 3 is 2.87 bits per heavy atom. The second-order valence-corrected chi connectivity index (χ2v) is 4.45. The van der Waals surface area contributed by atoms with Crippen LogP contribution >= 0.6 is 0 Å². The molecule has 15 heavy (non-hydrogen) atoms. The molecular formula is C11H16N4. The van der Waals surface area contributed by atoms with Gasteiger partial charge in [0.25, 0.3) is 0 Å². The van der Waals surface area contributed by atoms with E-state index in [1.54, 1.807) is 0 Å². The van der Waals surface area contributed by atoms with Gasteiger partial charge in [0.2, 0.25) is 0 Å². The first kappa shape index (κ1) is 9.09. The molecule has 1 fully saturated rings. The van der Waals surface area contributed by atoms with Crippen LogP contribution in [0, 0.1) is 6.92 Å². The van der Waals surface area contributed by atoms with Crippen molar-refractivity contribution in [3.05, 3.63) is 17.1 Å². The summed E-state index contributed by atoms with van der Waals surface area (Å²) in [7, 11) is 0. The number of fused-ring (bicyclic) bond motifs is 1. The number of nitrogens with zero attached hydrogens (tertiary/aromatic N) is 3. The Hall–Kier alpha value is -1.16. The van der Waals surface area contributed by atoms with Gasteiger partial charge in [0, 0.05) is 31.2 Å². The lowest BCUT2D eigenvalue weighted by atomic mass is 10.0. The summed E-state index contributed by atoms with van der Waals surface area (Å²) in [6, 6.07) is 0.643. The Morgan fingerprint density at radius 2 is 2.20 bits per heavy atom. The standard InChI is InChI=1S/C11H16N4/c1-7-3-4-15(7)11-9-5-12-6-10(9)13-8(2)14-11/h7,12H,3-6H2,1-2H3/t7-/m0/s1. The molecule has 3 heterocycles. The predicted molar refractivity (Wildman–Crippen MR) is 58.7 cm³/mol. The molecule has 4 nitrogen and oxygen atoms in total. The van der Waals surface area contributed by atoms with Crippen LogP contribution in [0.5, 0.6) is 0 Å². The molecule has 1 atom stereocenters. The van der Waals surface area contributed by atoms with Crippen LogP contribution in [0.1, 0.15) is 30.4 Å². The smallest absolute Gasteiger partial charge is 0.137 e. The first-order valence-electron chi connectivity index (χ1n) is 5.59. The maximum absolute atomic E-state index is 4.59. The summed E-state index contributed by atoms with van der Waals surface area (Å²) >= 11 is 0. The fraction of sp³-hybridized carbons (Fsp3) is 0.636. The van der Waals surface area contributed by atoms with Crippen molar-refractivity contribution in [2.75, 3.05) is 11.4 Å². The summed E-state index contributed by atoms with van der Waals surface area (Å²) < 4.78 is 0. The largest absolute Gasteiger partial charge is 0.353 e. The van der Waals surface area contributed by atoms with E-state index >= 15 is 0 Å². The van der Waals surface area contributed by atoms with Crippen LogP contribution in [0.4, 0.5) is 5.82 Å². The van der Waals surface area contributed by atoms with Crippen LogP contribution in [0.15, 0.2) is 0 Å². The molecule has 0 spiro atoms. The lowest BCUT2D eigenvalue weighted by Crippen LogP contribution is -2.46. The van der Waals surface area contributed by atoms with E-state index in [1.807, 2.05) is 6.92 Å². The van der Waals surface area contributed by atoms with Gasteiger partial charge in [-0.2, -0.15) is 0 Å². The van der Waals surface area contributed by atoms with Gasteiger partial charge in [-0.25, -0.2) is 9.97 Å². The van der Waals surface area contributed by atoms with E-state index in [9.17, 15) is 0 Å².